The highest BCUT2D eigenvalue weighted by molar-refractivity contribution is 5.94. The number of halogens is 6. The molecule has 0 aliphatic carbocycles. The van der Waals surface area contributed by atoms with Crippen molar-refractivity contribution in [1.29, 1.82) is 0 Å². The van der Waals surface area contributed by atoms with E-state index in [1.54, 1.807) is 4.90 Å². The van der Waals surface area contributed by atoms with Crippen LogP contribution < -0.4 is 0 Å². The van der Waals surface area contributed by atoms with E-state index in [9.17, 15) is 36.2 Å². The molecule has 2 aromatic carbocycles. The van der Waals surface area contributed by atoms with Crippen LogP contribution in [-0.2, 0) is 12.4 Å². The number of benzene rings is 2. The van der Waals surface area contributed by atoms with Gasteiger partial charge in [-0.05, 0) is 49.2 Å². The predicted molar refractivity (Wildman–Crippen MR) is 100 cm³/mol. The van der Waals surface area contributed by atoms with Crippen LogP contribution in [0.3, 0.4) is 0 Å². The highest BCUT2D eigenvalue weighted by Crippen LogP contribution is 2.38. The van der Waals surface area contributed by atoms with Gasteiger partial charge in [-0.1, -0.05) is 17.9 Å². The number of carbonyl (C=O) groups excluding carboxylic acids is 1. The Bertz CT molecular complexity index is 975. The number of aliphatic hydroxyl groups is 1. The van der Waals surface area contributed by atoms with Crippen molar-refractivity contribution in [2.45, 2.75) is 31.3 Å². The van der Waals surface area contributed by atoms with Crippen molar-refractivity contribution < 1.29 is 36.2 Å². The average Bonchev–Trinajstić information content (AvgIpc) is 2.71. The average molecular weight is 441 g/mol. The maximum absolute atomic E-state index is 13.2. The van der Waals surface area contributed by atoms with Gasteiger partial charge in [-0.2, -0.15) is 26.3 Å². The quantitative estimate of drug-likeness (QED) is 0.514. The minimum atomic E-state index is -5.00. The summed E-state index contributed by atoms with van der Waals surface area (Å²) in [6.07, 6.45) is -9.50. The lowest BCUT2D eigenvalue weighted by molar-refractivity contribution is -0.143. The fourth-order valence-corrected chi connectivity index (χ4v) is 3.24. The molecule has 3 rings (SSSR count). The molecule has 1 aliphatic heterocycles. The van der Waals surface area contributed by atoms with Gasteiger partial charge in [0.15, 0.2) is 0 Å². The van der Waals surface area contributed by atoms with Crippen molar-refractivity contribution in [2.75, 3.05) is 13.1 Å². The summed E-state index contributed by atoms with van der Waals surface area (Å²) in [6.45, 7) is 0.798. The molecule has 9 heteroatoms. The van der Waals surface area contributed by atoms with E-state index >= 15 is 0 Å². The van der Waals surface area contributed by atoms with Gasteiger partial charge in [0.2, 0.25) is 0 Å². The maximum atomic E-state index is 13.2. The molecule has 1 aliphatic rings. The molecule has 1 heterocycles. The summed E-state index contributed by atoms with van der Waals surface area (Å²) in [5, 5.41) is 9.51. The standard InChI is InChI=1S/C22H17F6NO2/c23-21(24,25)18-2-1-3-19(22(26,27)28)17(18)9-6-14-4-7-15(8-5-14)20(31)29-12-10-16(30)11-13-29/h1-5,7-8,16,30H,10-13H2. The first-order chi connectivity index (χ1) is 14.5. The third-order valence-corrected chi connectivity index (χ3v) is 4.89. The van der Waals surface area contributed by atoms with E-state index in [-0.39, 0.29) is 11.5 Å². The van der Waals surface area contributed by atoms with Crippen LogP contribution in [0.5, 0.6) is 0 Å². The first-order valence-electron chi connectivity index (χ1n) is 9.33. The number of amides is 1. The molecule has 1 fully saturated rings. The molecule has 0 atom stereocenters. The van der Waals surface area contributed by atoms with Crippen LogP contribution in [0.25, 0.3) is 0 Å². The van der Waals surface area contributed by atoms with Gasteiger partial charge in [0, 0.05) is 29.8 Å². The van der Waals surface area contributed by atoms with Crippen molar-refractivity contribution in [2.24, 2.45) is 0 Å². The van der Waals surface area contributed by atoms with Crippen molar-refractivity contribution >= 4 is 5.91 Å². The largest absolute Gasteiger partial charge is 0.417 e. The SMILES string of the molecule is O=C(c1ccc(C#Cc2c(C(F)(F)F)cccc2C(F)(F)F)cc1)N1CCC(O)CC1. The van der Waals surface area contributed by atoms with Crippen LogP contribution >= 0.6 is 0 Å². The Morgan fingerprint density at radius 2 is 1.39 bits per heavy atom. The molecule has 3 nitrogen and oxygen atoms in total. The Hall–Kier alpha value is -2.99. The summed E-state index contributed by atoms with van der Waals surface area (Å²) in [5.41, 5.74) is -3.60. The van der Waals surface area contributed by atoms with Crippen LogP contribution in [0.4, 0.5) is 26.3 Å². The van der Waals surface area contributed by atoms with E-state index in [1.807, 2.05) is 5.92 Å². The third kappa shape index (κ3) is 5.39. The molecular weight excluding hydrogens is 424 g/mol. The van der Waals surface area contributed by atoms with Gasteiger partial charge < -0.3 is 10.0 Å². The molecule has 0 aromatic heterocycles. The van der Waals surface area contributed by atoms with Crippen molar-refractivity contribution in [3.8, 4) is 11.8 Å². The van der Waals surface area contributed by atoms with Gasteiger partial charge >= 0.3 is 12.4 Å². The third-order valence-electron chi connectivity index (χ3n) is 4.89. The second-order valence-electron chi connectivity index (χ2n) is 7.07. The second-order valence-corrected chi connectivity index (χ2v) is 7.07. The zero-order valence-electron chi connectivity index (χ0n) is 16.0. The molecule has 1 N–H and O–H groups in total. The molecule has 0 saturated carbocycles. The normalized spacial score (nSPS) is 15.4. The van der Waals surface area contributed by atoms with E-state index < -0.39 is 35.1 Å². The number of carbonyl (C=O) groups is 1. The minimum Gasteiger partial charge on any atom is -0.393 e. The van der Waals surface area contributed by atoms with Crippen LogP contribution in [0, 0.1) is 11.8 Å². The number of alkyl halides is 6. The first-order valence-corrected chi connectivity index (χ1v) is 9.33. The summed E-state index contributed by atoms with van der Waals surface area (Å²) < 4.78 is 79.2. The Morgan fingerprint density at radius 1 is 0.871 bits per heavy atom. The molecule has 2 aromatic rings. The number of likely N-dealkylation sites (tertiary alicyclic amines) is 1. The number of rotatable bonds is 1. The van der Waals surface area contributed by atoms with Crippen molar-refractivity contribution in [3.63, 3.8) is 0 Å². The lowest BCUT2D eigenvalue weighted by atomic mass is 9.99. The molecule has 0 unspecified atom stereocenters. The summed E-state index contributed by atoms with van der Waals surface area (Å²) in [6, 6.07) is 7.35. The number of piperidine rings is 1. The van der Waals surface area contributed by atoms with Gasteiger partial charge in [0.05, 0.1) is 17.2 Å². The molecule has 1 amide bonds. The smallest absolute Gasteiger partial charge is 0.393 e. The minimum absolute atomic E-state index is 0.163. The molecule has 164 valence electrons. The number of hydrogen-bond acceptors (Lipinski definition) is 2. The van der Waals surface area contributed by atoms with E-state index in [1.165, 1.54) is 24.3 Å². The van der Waals surface area contributed by atoms with Gasteiger partial charge in [0.25, 0.3) is 5.91 Å². The Morgan fingerprint density at radius 3 is 1.87 bits per heavy atom. The van der Waals surface area contributed by atoms with Gasteiger partial charge in [-0.25, -0.2) is 0 Å². The van der Waals surface area contributed by atoms with Crippen LogP contribution in [-0.4, -0.2) is 35.1 Å². The van der Waals surface area contributed by atoms with Crippen molar-refractivity contribution in [3.05, 3.63) is 70.3 Å². The van der Waals surface area contributed by atoms with Crippen molar-refractivity contribution in [1.82, 2.24) is 4.90 Å². The summed E-state index contributed by atoms with van der Waals surface area (Å²) in [4.78, 5) is 14.0. The second kappa shape index (κ2) is 8.63. The highest BCUT2D eigenvalue weighted by Gasteiger charge is 2.40. The fourth-order valence-electron chi connectivity index (χ4n) is 3.24. The van der Waals surface area contributed by atoms with Crippen LogP contribution in [0.15, 0.2) is 42.5 Å². The first kappa shape index (κ1) is 22.7. The zero-order chi connectivity index (χ0) is 22.8. The van der Waals surface area contributed by atoms with Crippen LogP contribution in [0.2, 0.25) is 0 Å². The summed E-state index contributed by atoms with van der Waals surface area (Å²) in [5.74, 6) is 4.07. The lowest BCUT2D eigenvalue weighted by Gasteiger charge is -2.29. The van der Waals surface area contributed by atoms with E-state index in [4.69, 9.17) is 0 Å². The molecule has 1 saturated heterocycles. The molecule has 0 radical (unpaired) electrons. The number of aliphatic hydroxyl groups excluding tert-OH is 1. The molecule has 31 heavy (non-hydrogen) atoms. The topological polar surface area (TPSA) is 40.5 Å². The summed E-state index contributed by atoms with van der Waals surface area (Å²) in [7, 11) is 0. The fraction of sp³-hybridized carbons (Fsp3) is 0.318. The predicted octanol–water partition coefficient (Wildman–Crippen LogP) is 4.72. The van der Waals surface area contributed by atoms with Gasteiger partial charge in [0.1, 0.15) is 0 Å². The zero-order valence-corrected chi connectivity index (χ0v) is 16.0. The van der Waals surface area contributed by atoms with Crippen LogP contribution in [0.1, 0.15) is 45.5 Å². The Balaban J connectivity index is 1.88. The van der Waals surface area contributed by atoms with E-state index in [2.05, 4.69) is 5.92 Å². The van der Waals surface area contributed by atoms with Gasteiger partial charge in [-0.3, -0.25) is 4.79 Å². The van der Waals surface area contributed by atoms with Gasteiger partial charge in [-0.15, -0.1) is 0 Å². The van der Waals surface area contributed by atoms with E-state index in [0.29, 0.717) is 49.7 Å². The van der Waals surface area contributed by atoms with E-state index in [0.717, 1.165) is 0 Å². The Labute approximate surface area is 174 Å². The molecule has 0 spiro atoms. The summed E-state index contributed by atoms with van der Waals surface area (Å²) >= 11 is 0. The highest BCUT2D eigenvalue weighted by atomic mass is 19.4. The monoisotopic (exact) mass is 441 g/mol. The number of hydrogen-bond donors (Lipinski definition) is 1. The Kier molecular flexibility index (Phi) is 6.32. The maximum Gasteiger partial charge on any atom is 0.417 e. The molecule has 0 bridgehead atoms. The lowest BCUT2D eigenvalue weighted by Crippen LogP contribution is -2.40. The number of nitrogens with zero attached hydrogens (tertiary/aromatic N) is 1. The molecular formula is C22H17F6NO2.